The normalized spacial score (nSPS) is 57.3. The molecule has 4 nitrogen and oxygen atoms in total. The molecule has 0 radical (unpaired) electrons. The molecule has 1 heterocycles. The van der Waals surface area contributed by atoms with E-state index in [9.17, 15) is 15.0 Å². The summed E-state index contributed by atoms with van der Waals surface area (Å²) in [6, 6.07) is 0. The average molecular weight is 268 g/mol. The third kappa shape index (κ3) is 1.56. The first-order valence-corrected chi connectivity index (χ1v) is 7.40. The number of carbonyl (C=O) groups is 1. The molecule has 108 valence electrons. The third-order valence-corrected chi connectivity index (χ3v) is 6.34. The van der Waals surface area contributed by atoms with Gasteiger partial charge in [-0.3, -0.25) is 4.79 Å². The van der Waals surface area contributed by atoms with Gasteiger partial charge >= 0.3 is 5.97 Å². The van der Waals surface area contributed by atoms with Crippen LogP contribution in [0.3, 0.4) is 0 Å². The minimum absolute atomic E-state index is 0.0957. The van der Waals surface area contributed by atoms with Crippen LogP contribution in [-0.2, 0) is 9.53 Å². The van der Waals surface area contributed by atoms with Gasteiger partial charge in [-0.15, -0.1) is 0 Å². The van der Waals surface area contributed by atoms with Crippen molar-refractivity contribution in [3.05, 3.63) is 0 Å². The molecule has 19 heavy (non-hydrogen) atoms. The first-order valence-electron chi connectivity index (χ1n) is 7.40. The number of aliphatic hydroxyl groups excluding tert-OH is 1. The summed E-state index contributed by atoms with van der Waals surface area (Å²) in [5.74, 6) is -0.0316. The summed E-state index contributed by atoms with van der Waals surface area (Å²) < 4.78 is 5.46. The summed E-state index contributed by atoms with van der Waals surface area (Å²) >= 11 is 0. The Balaban J connectivity index is 1.98. The molecule has 1 saturated heterocycles. The van der Waals surface area contributed by atoms with Crippen LogP contribution in [0.1, 0.15) is 46.5 Å². The van der Waals surface area contributed by atoms with Gasteiger partial charge in [0, 0.05) is 11.3 Å². The third-order valence-electron chi connectivity index (χ3n) is 6.34. The lowest BCUT2D eigenvalue weighted by Gasteiger charge is -2.59. The zero-order valence-corrected chi connectivity index (χ0v) is 11.9. The Labute approximate surface area is 114 Å². The topological polar surface area (TPSA) is 66.8 Å². The first-order chi connectivity index (χ1) is 8.79. The number of rotatable bonds is 0. The molecule has 2 aliphatic carbocycles. The van der Waals surface area contributed by atoms with E-state index in [1.54, 1.807) is 0 Å². The number of ether oxygens (including phenoxy) is 1. The van der Waals surface area contributed by atoms with Crippen molar-refractivity contribution in [3.63, 3.8) is 0 Å². The predicted octanol–water partition coefficient (Wildman–Crippen LogP) is 1.49. The summed E-state index contributed by atoms with van der Waals surface area (Å²) in [7, 11) is 0. The highest BCUT2D eigenvalue weighted by molar-refractivity contribution is 5.75. The lowest BCUT2D eigenvalue weighted by molar-refractivity contribution is -0.235. The van der Waals surface area contributed by atoms with E-state index in [1.807, 2.05) is 13.8 Å². The van der Waals surface area contributed by atoms with Crippen molar-refractivity contribution in [1.82, 2.24) is 0 Å². The average Bonchev–Trinajstić information content (AvgIpc) is 2.61. The summed E-state index contributed by atoms with van der Waals surface area (Å²) in [5.41, 5.74) is -1.44. The van der Waals surface area contributed by atoms with E-state index in [-0.39, 0.29) is 29.8 Å². The van der Waals surface area contributed by atoms with Crippen LogP contribution in [0, 0.1) is 23.2 Å². The maximum Gasteiger partial charge on any atom is 0.309 e. The van der Waals surface area contributed by atoms with Crippen LogP contribution in [0.5, 0.6) is 0 Å². The van der Waals surface area contributed by atoms with Crippen molar-refractivity contribution in [2.75, 3.05) is 0 Å². The SMILES string of the molecule is CC1C(=O)OC2CC3(C)C(O)CCC(C)C3(O)CC21. The Morgan fingerprint density at radius 3 is 2.63 bits per heavy atom. The highest BCUT2D eigenvalue weighted by atomic mass is 16.6. The Morgan fingerprint density at radius 1 is 1.26 bits per heavy atom. The van der Waals surface area contributed by atoms with Gasteiger partial charge < -0.3 is 14.9 Å². The molecule has 7 unspecified atom stereocenters. The summed E-state index contributed by atoms with van der Waals surface area (Å²) in [4.78, 5) is 11.8. The van der Waals surface area contributed by atoms with Crippen LogP contribution in [0.15, 0.2) is 0 Å². The fourth-order valence-electron chi connectivity index (χ4n) is 4.68. The van der Waals surface area contributed by atoms with E-state index in [0.717, 1.165) is 12.8 Å². The van der Waals surface area contributed by atoms with Crippen LogP contribution in [-0.4, -0.2) is 34.0 Å². The molecule has 0 aromatic rings. The lowest BCUT2D eigenvalue weighted by Crippen LogP contribution is -2.65. The van der Waals surface area contributed by atoms with Gasteiger partial charge in [0.25, 0.3) is 0 Å². The molecular formula is C15H24O4. The van der Waals surface area contributed by atoms with Crippen LogP contribution in [0.2, 0.25) is 0 Å². The number of fused-ring (bicyclic) bond motifs is 2. The molecule has 3 aliphatic rings. The van der Waals surface area contributed by atoms with Gasteiger partial charge in [-0.25, -0.2) is 0 Å². The van der Waals surface area contributed by atoms with Crippen LogP contribution < -0.4 is 0 Å². The van der Waals surface area contributed by atoms with Gasteiger partial charge in [0.05, 0.1) is 17.6 Å². The Hall–Kier alpha value is -0.610. The van der Waals surface area contributed by atoms with Crippen LogP contribution in [0.4, 0.5) is 0 Å². The molecule has 0 aromatic carbocycles. The minimum Gasteiger partial charge on any atom is -0.462 e. The Kier molecular flexibility index (Phi) is 2.78. The monoisotopic (exact) mass is 268 g/mol. The van der Waals surface area contributed by atoms with Crippen LogP contribution in [0.25, 0.3) is 0 Å². The van der Waals surface area contributed by atoms with Gasteiger partial charge in [-0.05, 0) is 31.6 Å². The van der Waals surface area contributed by atoms with Crippen molar-refractivity contribution in [2.45, 2.75) is 64.3 Å². The Bertz CT molecular complexity index is 409. The van der Waals surface area contributed by atoms with Crippen LogP contribution >= 0.6 is 0 Å². The highest BCUT2D eigenvalue weighted by Crippen LogP contribution is 2.59. The molecule has 0 bridgehead atoms. The largest absolute Gasteiger partial charge is 0.462 e. The molecule has 0 spiro atoms. The number of carbonyl (C=O) groups excluding carboxylic acids is 1. The molecule has 1 aliphatic heterocycles. The second-order valence-corrected chi connectivity index (χ2v) is 7.17. The van der Waals surface area contributed by atoms with E-state index >= 15 is 0 Å². The molecule has 2 N–H and O–H groups in total. The maximum absolute atomic E-state index is 11.8. The summed E-state index contributed by atoms with van der Waals surface area (Å²) in [5, 5.41) is 21.6. The van der Waals surface area contributed by atoms with Crippen molar-refractivity contribution in [1.29, 1.82) is 0 Å². The standard InChI is InChI=1S/C15H24O4/c1-8-4-5-12(16)14(3)7-11-10(6-15(8,14)18)9(2)13(17)19-11/h8-12,16,18H,4-7H2,1-3H3. The van der Waals surface area contributed by atoms with E-state index in [4.69, 9.17) is 4.74 Å². The van der Waals surface area contributed by atoms with E-state index in [1.165, 1.54) is 0 Å². The Morgan fingerprint density at radius 2 is 1.95 bits per heavy atom. The molecule has 4 heteroatoms. The van der Waals surface area contributed by atoms with Crippen molar-refractivity contribution in [2.24, 2.45) is 23.2 Å². The highest BCUT2D eigenvalue weighted by Gasteiger charge is 2.64. The van der Waals surface area contributed by atoms with E-state index in [0.29, 0.717) is 12.8 Å². The van der Waals surface area contributed by atoms with Gasteiger partial charge in [0.15, 0.2) is 0 Å². The van der Waals surface area contributed by atoms with E-state index in [2.05, 4.69) is 6.92 Å². The minimum atomic E-state index is -0.881. The smallest absolute Gasteiger partial charge is 0.309 e. The molecule has 3 rings (SSSR count). The number of esters is 1. The second kappa shape index (κ2) is 3.95. The fourth-order valence-corrected chi connectivity index (χ4v) is 4.68. The fraction of sp³-hybridized carbons (Fsp3) is 0.933. The van der Waals surface area contributed by atoms with Crippen molar-refractivity contribution >= 4 is 5.97 Å². The van der Waals surface area contributed by atoms with Gasteiger partial charge in [-0.2, -0.15) is 0 Å². The van der Waals surface area contributed by atoms with Crippen molar-refractivity contribution in [3.8, 4) is 0 Å². The first kappa shape index (κ1) is 13.4. The number of hydrogen-bond acceptors (Lipinski definition) is 4. The van der Waals surface area contributed by atoms with Gasteiger partial charge in [0.2, 0.25) is 0 Å². The number of aliphatic hydroxyl groups is 2. The lowest BCUT2D eigenvalue weighted by atomic mass is 9.50. The van der Waals surface area contributed by atoms with Crippen molar-refractivity contribution < 1.29 is 19.7 Å². The molecule has 3 fully saturated rings. The molecular weight excluding hydrogens is 244 g/mol. The zero-order chi connectivity index (χ0) is 14.0. The quantitative estimate of drug-likeness (QED) is 0.653. The van der Waals surface area contributed by atoms with E-state index < -0.39 is 17.1 Å². The summed E-state index contributed by atoms with van der Waals surface area (Å²) in [6.45, 7) is 5.91. The van der Waals surface area contributed by atoms with Gasteiger partial charge in [0.1, 0.15) is 6.10 Å². The molecule has 2 saturated carbocycles. The number of hydrogen-bond donors (Lipinski definition) is 2. The predicted molar refractivity (Wildman–Crippen MR) is 69.2 cm³/mol. The molecule has 7 atom stereocenters. The maximum atomic E-state index is 11.8. The molecule has 0 amide bonds. The molecule has 0 aromatic heterocycles. The van der Waals surface area contributed by atoms with Gasteiger partial charge in [-0.1, -0.05) is 20.8 Å². The zero-order valence-electron chi connectivity index (χ0n) is 11.9. The summed E-state index contributed by atoms with van der Waals surface area (Å²) in [6.07, 6.45) is 2.07. The second-order valence-electron chi connectivity index (χ2n) is 7.17.